The van der Waals surface area contributed by atoms with Gasteiger partial charge in [0, 0.05) is 19.1 Å². The number of aromatic amines is 2. The molecule has 0 aliphatic heterocycles. The van der Waals surface area contributed by atoms with E-state index in [4.69, 9.17) is 0 Å². The second kappa shape index (κ2) is 8.23. The van der Waals surface area contributed by atoms with Crippen LogP contribution in [0.2, 0.25) is 0 Å². The molecular weight excluding hydrogens is 298 g/mol. The van der Waals surface area contributed by atoms with Gasteiger partial charge in [0.05, 0.1) is 0 Å². The maximum absolute atomic E-state index is 11.6. The normalized spacial score (nSPS) is 11.1. The molecule has 0 saturated carbocycles. The van der Waals surface area contributed by atoms with Crippen molar-refractivity contribution in [3.63, 3.8) is 0 Å². The summed E-state index contributed by atoms with van der Waals surface area (Å²) in [6.07, 6.45) is 5.13. The number of hydrogen-bond donors (Lipinski definition) is 3. The van der Waals surface area contributed by atoms with Gasteiger partial charge in [0.15, 0.2) is 0 Å². The van der Waals surface area contributed by atoms with Crippen LogP contribution in [-0.4, -0.2) is 27.3 Å². The van der Waals surface area contributed by atoms with Crippen molar-refractivity contribution in [2.75, 3.05) is 0 Å². The number of aryl methyl sites for hydroxylation is 1. The van der Waals surface area contributed by atoms with Crippen molar-refractivity contribution in [3.05, 3.63) is 68.5 Å². The van der Waals surface area contributed by atoms with Gasteiger partial charge in [-0.1, -0.05) is 36.4 Å². The summed E-state index contributed by atoms with van der Waals surface area (Å²) >= 11 is 0. The van der Waals surface area contributed by atoms with Gasteiger partial charge in [-0.15, -0.1) is 0 Å². The first-order chi connectivity index (χ1) is 11.1. The third-order valence-corrected chi connectivity index (χ3v) is 2.81. The molecule has 0 bridgehead atoms. The van der Waals surface area contributed by atoms with Crippen molar-refractivity contribution >= 4 is 18.2 Å². The van der Waals surface area contributed by atoms with Gasteiger partial charge in [0.1, 0.15) is 5.69 Å². The average Bonchev–Trinajstić information content (AvgIpc) is 2.54. The lowest BCUT2D eigenvalue weighted by Gasteiger charge is -1.98. The Labute approximate surface area is 131 Å². The van der Waals surface area contributed by atoms with E-state index >= 15 is 0 Å². The van der Waals surface area contributed by atoms with Crippen LogP contribution in [0.15, 0.2) is 51.1 Å². The molecule has 2 aromatic rings. The molecule has 1 heterocycles. The van der Waals surface area contributed by atoms with Crippen molar-refractivity contribution in [2.45, 2.75) is 12.8 Å². The fourth-order valence-electron chi connectivity index (χ4n) is 1.70. The van der Waals surface area contributed by atoms with Crippen LogP contribution in [0.5, 0.6) is 0 Å². The molecule has 0 fully saturated rings. The van der Waals surface area contributed by atoms with Crippen LogP contribution in [0.25, 0.3) is 6.08 Å². The number of hydrogen-bond acceptors (Lipinski definition) is 5. The van der Waals surface area contributed by atoms with E-state index < -0.39 is 11.2 Å². The molecule has 118 valence electrons. The minimum atomic E-state index is -0.682. The summed E-state index contributed by atoms with van der Waals surface area (Å²) in [5.74, 6) is -0.359. The zero-order chi connectivity index (χ0) is 16.5. The molecule has 0 radical (unpaired) electrons. The summed E-state index contributed by atoms with van der Waals surface area (Å²) in [6, 6.07) is 9.65. The van der Waals surface area contributed by atoms with Crippen molar-refractivity contribution in [1.82, 2.24) is 20.6 Å². The molecule has 0 atom stereocenters. The number of allylic oxidation sites excluding steroid dienone is 1. The standard InChI is InChI=1S/C15H15N5O3/c21-13(9-8-12-14(22)17-15(23)20-18-12)19-16-10-4-7-11-5-2-1-3-6-11/h1-7,10H,8-9H2,(H,19,21)(H2,17,20,22,23)/b7-4-,16-10-. The van der Waals surface area contributed by atoms with E-state index in [9.17, 15) is 14.4 Å². The van der Waals surface area contributed by atoms with Crippen molar-refractivity contribution in [2.24, 2.45) is 5.10 Å². The quantitative estimate of drug-likeness (QED) is 0.521. The molecule has 8 nitrogen and oxygen atoms in total. The maximum atomic E-state index is 11.6. The molecule has 1 aromatic carbocycles. The van der Waals surface area contributed by atoms with Crippen LogP contribution in [-0.2, 0) is 11.2 Å². The van der Waals surface area contributed by atoms with Crippen molar-refractivity contribution in [1.29, 1.82) is 0 Å². The molecule has 0 spiro atoms. The molecule has 3 N–H and O–H groups in total. The minimum absolute atomic E-state index is 0.0296. The predicted octanol–water partition coefficient (Wildman–Crippen LogP) is 0.206. The highest BCUT2D eigenvalue weighted by atomic mass is 16.2. The molecule has 0 saturated heterocycles. The Morgan fingerprint density at radius 2 is 2.04 bits per heavy atom. The summed E-state index contributed by atoms with van der Waals surface area (Å²) in [4.78, 5) is 35.8. The number of hydrazone groups is 1. The lowest BCUT2D eigenvalue weighted by Crippen LogP contribution is -2.28. The van der Waals surface area contributed by atoms with Crippen LogP contribution < -0.4 is 16.7 Å². The topological polar surface area (TPSA) is 120 Å². The number of carbonyl (C=O) groups is 1. The van der Waals surface area contributed by atoms with Gasteiger partial charge in [-0.25, -0.2) is 15.3 Å². The van der Waals surface area contributed by atoms with Crippen LogP contribution in [0.3, 0.4) is 0 Å². The van der Waals surface area contributed by atoms with E-state index in [0.717, 1.165) is 5.56 Å². The van der Waals surface area contributed by atoms with E-state index in [1.54, 1.807) is 6.08 Å². The van der Waals surface area contributed by atoms with E-state index in [1.807, 2.05) is 41.4 Å². The van der Waals surface area contributed by atoms with Gasteiger partial charge in [-0.05, 0) is 11.6 Å². The fourth-order valence-corrected chi connectivity index (χ4v) is 1.70. The summed E-state index contributed by atoms with van der Waals surface area (Å²) < 4.78 is 0. The van der Waals surface area contributed by atoms with Crippen LogP contribution in [0.1, 0.15) is 17.7 Å². The Morgan fingerprint density at radius 3 is 2.78 bits per heavy atom. The Bertz CT molecular complexity index is 821. The van der Waals surface area contributed by atoms with E-state index in [1.165, 1.54) is 6.21 Å². The molecule has 1 amide bonds. The molecule has 0 aliphatic carbocycles. The van der Waals surface area contributed by atoms with Gasteiger partial charge in [0.2, 0.25) is 5.91 Å². The zero-order valence-corrected chi connectivity index (χ0v) is 12.2. The monoisotopic (exact) mass is 313 g/mol. The second-order valence-electron chi connectivity index (χ2n) is 4.54. The lowest BCUT2D eigenvalue weighted by atomic mass is 10.2. The van der Waals surface area contributed by atoms with Gasteiger partial charge in [-0.2, -0.15) is 10.2 Å². The number of H-pyrrole nitrogens is 2. The summed E-state index contributed by atoms with van der Waals surface area (Å²) in [7, 11) is 0. The molecule has 1 aromatic heterocycles. The Kier molecular flexibility index (Phi) is 5.75. The highest BCUT2D eigenvalue weighted by Gasteiger charge is 2.06. The summed E-state index contributed by atoms with van der Waals surface area (Å²) in [5.41, 5.74) is 2.17. The van der Waals surface area contributed by atoms with Crippen LogP contribution >= 0.6 is 0 Å². The smallest absolute Gasteiger partial charge is 0.273 e. The number of rotatable bonds is 6. The zero-order valence-electron chi connectivity index (χ0n) is 12.2. The van der Waals surface area contributed by atoms with Gasteiger partial charge in [0.25, 0.3) is 5.56 Å². The first-order valence-corrected chi connectivity index (χ1v) is 6.86. The Balaban J connectivity index is 1.77. The SMILES string of the molecule is O=C(CCc1n[nH]c(=O)[nH]c1=O)N/N=C\C=C/c1ccccc1. The summed E-state index contributed by atoms with van der Waals surface area (Å²) in [5, 5.41) is 9.45. The van der Waals surface area contributed by atoms with Crippen LogP contribution in [0, 0.1) is 0 Å². The number of benzene rings is 1. The molecular formula is C15H15N5O3. The first kappa shape index (κ1) is 16.1. The fraction of sp³-hybridized carbons (Fsp3) is 0.133. The Hall–Kier alpha value is -3.29. The van der Waals surface area contributed by atoms with Gasteiger partial charge in [-0.3, -0.25) is 14.6 Å². The number of carbonyl (C=O) groups excluding carboxylic acids is 1. The third kappa shape index (κ3) is 5.54. The maximum Gasteiger partial charge on any atom is 0.342 e. The molecule has 8 heteroatoms. The predicted molar refractivity (Wildman–Crippen MR) is 85.9 cm³/mol. The number of amides is 1. The number of nitrogens with zero attached hydrogens (tertiary/aromatic N) is 2. The molecule has 0 aliphatic rings. The van der Waals surface area contributed by atoms with E-state index in [-0.39, 0.29) is 24.4 Å². The van der Waals surface area contributed by atoms with Crippen molar-refractivity contribution < 1.29 is 4.79 Å². The number of aromatic nitrogens is 3. The molecule has 0 unspecified atom stereocenters. The minimum Gasteiger partial charge on any atom is -0.273 e. The van der Waals surface area contributed by atoms with Gasteiger partial charge >= 0.3 is 5.69 Å². The van der Waals surface area contributed by atoms with E-state index in [0.29, 0.717) is 0 Å². The largest absolute Gasteiger partial charge is 0.342 e. The highest BCUT2D eigenvalue weighted by molar-refractivity contribution is 5.81. The Morgan fingerprint density at radius 1 is 1.26 bits per heavy atom. The lowest BCUT2D eigenvalue weighted by molar-refractivity contribution is -0.121. The van der Waals surface area contributed by atoms with Crippen LogP contribution in [0.4, 0.5) is 0 Å². The molecule has 2 rings (SSSR count). The van der Waals surface area contributed by atoms with Gasteiger partial charge < -0.3 is 0 Å². The average molecular weight is 313 g/mol. The third-order valence-electron chi connectivity index (χ3n) is 2.81. The highest BCUT2D eigenvalue weighted by Crippen LogP contribution is 1.99. The van der Waals surface area contributed by atoms with Crippen molar-refractivity contribution in [3.8, 4) is 0 Å². The van der Waals surface area contributed by atoms with E-state index in [2.05, 4.69) is 20.7 Å². The second-order valence-corrected chi connectivity index (χ2v) is 4.54. The summed E-state index contributed by atoms with van der Waals surface area (Å²) in [6.45, 7) is 0. The number of nitrogens with one attached hydrogen (secondary N) is 3. The molecule has 23 heavy (non-hydrogen) atoms. The first-order valence-electron chi connectivity index (χ1n) is 6.86.